The van der Waals surface area contributed by atoms with Gasteiger partial charge < -0.3 is 5.32 Å². The van der Waals surface area contributed by atoms with Crippen molar-refractivity contribution in [3.05, 3.63) is 64.8 Å². The largest absolute Gasteiger partial charge is 0.338 e. The first-order valence-corrected chi connectivity index (χ1v) is 10.3. The molecule has 2 aromatic heterocycles. The molecule has 0 saturated carbocycles. The van der Waals surface area contributed by atoms with Crippen LogP contribution in [0.1, 0.15) is 40.0 Å². The van der Waals surface area contributed by atoms with Gasteiger partial charge in [-0.25, -0.2) is 9.67 Å². The minimum atomic E-state index is 0.154. The highest BCUT2D eigenvalue weighted by molar-refractivity contribution is 7.20. The number of anilines is 2. The van der Waals surface area contributed by atoms with Gasteiger partial charge in [0.15, 0.2) is 11.6 Å². The maximum atomic E-state index is 12.8. The summed E-state index contributed by atoms with van der Waals surface area (Å²) in [6.07, 6.45) is 2.25. The lowest BCUT2D eigenvalue weighted by Crippen LogP contribution is -2.13. The average molecular weight is 388 g/mol. The number of nitrogens with zero attached hydrogens (tertiary/aromatic N) is 3. The highest BCUT2D eigenvalue weighted by Crippen LogP contribution is 2.34. The van der Waals surface area contributed by atoms with Crippen LogP contribution in [-0.2, 0) is 6.42 Å². The van der Waals surface area contributed by atoms with Crippen molar-refractivity contribution in [1.82, 2.24) is 14.8 Å². The van der Waals surface area contributed by atoms with Crippen molar-refractivity contribution in [3.8, 4) is 5.13 Å². The highest BCUT2D eigenvalue weighted by atomic mass is 32.1. The second-order valence-corrected chi connectivity index (χ2v) is 8.20. The molecule has 2 heterocycles. The van der Waals surface area contributed by atoms with Gasteiger partial charge in [0.05, 0.1) is 21.5 Å². The van der Waals surface area contributed by atoms with Gasteiger partial charge in [0.1, 0.15) is 0 Å². The second kappa shape index (κ2) is 6.56. The Labute approximate surface area is 167 Å². The summed E-state index contributed by atoms with van der Waals surface area (Å²) in [5, 5.41) is 9.03. The number of Topliss-reactive ketones (excluding diaryl/α,β-unsaturated/α-hetero) is 1. The molecule has 0 bridgehead atoms. The van der Waals surface area contributed by atoms with Crippen LogP contribution in [0.4, 0.5) is 11.5 Å². The molecule has 6 heteroatoms. The van der Waals surface area contributed by atoms with Crippen molar-refractivity contribution in [3.63, 3.8) is 0 Å². The fourth-order valence-corrected chi connectivity index (χ4v) is 4.67. The van der Waals surface area contributed by atoms with Gasteiger partial charge in [-0.2, -0.15) is 0 Å². The highest BCUT2D eigenvalue weighted by Gasteiger charge is 2.29. The zero-order valence-electron chi connectivity index (χ0n) is 15.8. The van der Waals surface area contributed by atoms with Crippen LogP contribution in [0.15, 0.2) is 42.5 Å². The summed E-state index contributed by atoms with van der Waals surface area (Å²) in [4.78, 5) is 17.5. The number of thiazole rings is 1. The molecule has 0 radical (unpaired) electrons. The number of ketones is 1. The molecule has 0 spiro atoms. The number of carbonyl (C=O) groups is 1. The van der Waals surface area contributed by atoms with Gasteiger partial charge in [0, 0.05) is 12.1 Å². The van der Waals surface area contributed by atoms with Crippen molar-refractivity contribution in [2.45, 2.75) is 33.1 Å². The number of para-hydroxylation sites is 1. The van der Waals surface area contributed by atoms with Gasteiger partial charge in [-0.05, 0) is 56.0 Å². The Balaban J connectivity index is 1.66. The van der Waals surface area contributed by atoms with Crippen molar-refractivity contribution in [1.29, 1.82) is 0 Å². The van der Waals surface area contributed by atoms with E-state index < -0.39 is 0 Å². The third kappa shape index (κ3) is 2.72. The lowest BCUT2D eigenvalue weighted by atomic mass is 9.96. The molecular weight excluding hydrogens is 368 g/mol. The minimum absolute atomic E-state index is 0.154. The van der Waals surface area contributed by atoms with Gasteiger partial charge in [0.2, 0.25) is 5.13 Å². The Morgan fingerprint density at radius 2 is 1.93 bits per heavy atom. The minimum Gasteiger partial charge on any atom is -0.338 e. The molecule has 0 saturated heterocycles. The predicted octanol–water partition coefficient (Wildman–Crippen LogP) is 5.36. The molecule has 1 N–H and O–H groups in total. The Hall–Kier alpha value is -2.99. The third-order valence-corrected chi connectivity index (χ3v) is 6.41. The van der Waals surface area contributed by atoms with Crippen LogP contribution in [-0.4, -0.2) is 20.5 Å². The molecule has 0 amide bonds. The van der Waals surface area contributed by atoms with Gasteiger partial charge in [0.25, 0.3) is 0 Å². The lowest BCUT2D eigenvalue weighted by Gasteiger charge is -2.13. The quantitative estimate of drug-likeness (QED) is 0.513. The van der Waals surface area contributed by atoms with E-state index in [1.54, 1.807) is 11.3 Å². The lowest BCUT2D eigenvalue weighted by molar-refractivity contribution is 0.0973. The van der Waals surface area contributed by atoms with Crippen LogP contribution in [0.5, 0.6) is 0 Å². The monoisotopic (exact) mass is 388 g/mol. The van der Waals surface area contributed by atoms with Crippen molar-refractivity contribution in [2.75, 3.05) is 5.32 Å². The normalized spacial score (nSPS) is 13.7. The second-order valence-electron chi connectivity index (χ2n) is 7.20. The maximum absolute atomic E-state index is 12.8. The molecule has 0 atom stereocenters. The van der Waals surface area contributed by atoms with Crippen LogP contribution >= 0.6 is 11.3 Å². The van der Waals surface area contributed by atoms with E-state index >= 15 is 0 Å². The maximum Gasteiger partial charge on any atom is 0.211 e. The summed E-state index contributed by atoms with van der Waals surface area (Å²) in [6.45, 7) is 4.16. The zero-order valence-corrected chi connectivity index (χ0v) is 16.6. The standard InChI is InChI=1S/C22H20N4OS/c1-13-7-5-9-15(14(13)2)23-21-20-17(10-6-11-18(20)27)26(25-21)22-24-16-8-3-4-12-19(16)28-22/h3-5,7-9,12H,6,10-11H2,1-2H3,(H,23,25). The van der Waals surface area contributed by atoms with Crippen LogP contribution in [0.25, 0.3) is 15.3 Å². The number of fused-ring (bicyclic) bond motifs is 2. The van der Waals surface area contributed by atoms with Gasteiger partial charge >= 0.3 is 0 Å². The molecule has 5 rings (SSSR count). The molecule has 1 aliphatic carbocycles. The summed E-state index contributed by atoms with van der Waals surface area (Å²) in [5.74, 6) is 0.786. The van der Waals surface area contributed by atoms with E-state index in [0.717, 1.165) is 45.1 Å². The van der Waals surface area contributed by atoms with E-state index in [4.69, 9.17) is 10.1 Å². The van der Waals surface area contributed by atoms with E-state index in [-0.39, 0.29) is 5.78 Å². The van der Waals surface area contributed by atoms with E-state index in [1.165, 1.54) is 5.56 Å². The molecule has 1 aliphatic rings. The van der Waals surface area contributed by atoms with E-state index in [1.807, 2.05) is 35.0 Å². The van der Waals surface area contributed by atoms with Crippen LogP contribution in [0.2, 0.25) is 0 Å². The van der Waals surface area contributed by atoms with Gasteiger partial charge in [-0.3, -0.25) is 4.79 Å². The fraction of sp³-hybridized carbons (Fsp3) is 0.227. The number of aromatic nitrogens is 3. The van der Waals surface area contributed by atoms with Gasteiger partial charge in [-0.15, -0.1) is 5.10 Å². The Morgan fingerprint density at radius 1 is 1.07 bits per heavy atom. The van der Waals surface area contributed by atoms with Crippen molar-refractivity contribution < 1.29 is 4.79 Å². The first-order chi connectivity index (χ1) is 13.6. The number of benzene rings is 2. The first-order valence-electron chi connectivity index (χ1n) is 9.46. The molecule has 2 aromatic carbocycles. The van der Waals surface area contributed by atoms with Gasteiger partial charge in [-0.1, -0.05) is 35.6 Å². The smallest absolute Gasteiger partial charge is 0.211 e. The summed E-state index contributed by atoms with van der Waals surface area (Å²) in [6, 6.07) is 14.2. The zero-order chi connectivity index (χ0) is 19.3. The number of hydrogen-bond donors (Lipinski definition) is 1. The Bertz CT molecular complexity index is 1190. The SMILES string of the molecule is Cc1cccc(Nc2nn(-c3nc4ccccc4s3)c3c2C(=O)CCC3)c1C. The number of hydrogen-bond acceptors (Lipinski definition) is 5. The fourth-order valence-electron chi connectivity index (χ4n) is 3.73. The first kappa shape index (κ1) is 17.1. The summed E-state index contributed by atoms with van der Waals surface area (Å²) < 4.78 is 2.98. The number of carbonyl (C=O) groups excluding carboxylic acids is 1. The number of aryl methyl sites for hydroxylation is 1. The molecule has 0 aliphatic heterocycles. The van der Waals surface area contributed by atoms with Crippen LogP contribution < -0.4 is 5.32 Å². The van der Waals surface area contributed by atoms with E-state index in [0.29, 0.717) is 17.8 Å². The van der Waals surface area contributed by atoms with Crippen LogP contribution in [0.3, 0.4) is 0 Å². The van der Waals surface area contributed by atoms with Crippen molar-refractivity contribution in [2.24, 2.45) is 0 Å². The summed E-state index contributed by atoms with van der Waals surface area (Å²) >= 11 is 1.60. The van der Waals surface area contributed by atoms with Crippen LogP contribution in [0, 0.1) is 13.8 Å². The molecular formula is C22H20N4OS. The predicted molar refractivity (Wildman–Crippen MR) is 113 cm³/mol. The van der Waals surface area contributed by atoms with E-state index in [2.05, 4.69) is 31.3 Å². The summed E-state index contributed by atoms with van der Waals surface area (Å²) in [7, 11) is 0. The molecule has 140 valence electrons. The van der Waals surface area contributed by atoms with E-state index in [9.17, 15) is 4.79 Å². The number of nitrogens with one attached hydrogen (secondary N) is 1. The molecule has 0 fully saturated rings. The molecule has 5 nitrogen and oxygen atoms in total. The topological polar surface area (TPSA) is 59.8 Å². The Morgan fingerprint density at radius 3 is 2.79 bits per heavy atom. The summed E-state index contributed by atoms with van der Waals surface area (Å²) in [5.41, 5.74) is 5.98. The average Bonchev–Trinajstić information content (AvgIpc) is 3.27. The molecule has 4 aromatic rings. The third-order valence-electron chi connectivity index (χ3n) is 5.40. The number of rotatable bonds is 3. The molecule has 28 heavy (non-hydrogen) atoms. The Kier molecular flexibility index (Phi) is 4.02. The molecule has 0 unspecified atom stereocenters. The van der Waals surface area contributed by atoms with Crippen molar-refractivity contribution >= 4 is 38.8 Å².